The van der Waals surface area contributed by atoms with Gasteiger partial charge in [0, 0.05) is 11.3 Å². The summed E-state index contributed by atoms with van der Waals surface area (Å²) in [5.74, 6) is 0. The van der Waals surface area contributed by atoms with Crippen molar-refractivity contribution in [2.45, 2.75) is 43.6 Å². The molecule has 19 heavy (non-hydrogen) atoms. The number of halogens is 1. The van der Waals surface area contributed by atoms with E-state index < -0.39 is 0 Å². The van der Waals surface area contributed by atoms with Gasteiger partial charge in [-0.3, -0.25) is 0 Å². The van der Waals surface area contributed by atoms with E-state index in [9.17, 15) is 0 Å². The molecular weight excluding hydrogens is 276 g/mol. The molecule has 2 aromatic rings. The Balaban J connectivity index is 1.64. The first-order chi connectivity index (χ1) is 9.34. The highest BCUT2D eigenvalue weighted by Gasteiger charge is 2.18. The summed E-state index contributed by atoms with van der Waals surface area (Å²) in [6.45, 7) is 0.930. The fraction of sp³-hybridized carbons (Fsp3) is 0.500. The number of hydrogen-bond acceptors (Lipinski definition) is 2. The van der Waals surface area contributed by atoms with E-state index >= 15 is 0 Å². The second-order valence-electron chi connectivity index (χ2n) is 5.22. The molecule has 3 heteroatoms. The van der Waals surface area contributed by atoms with E-state index in [1.54, 1.807) is 11.3 Å². The van der Waals surface area contributed by atoms with Gasteiger partial charge in [-0.15, -0.1) is 22.9 Å². The van der Waals surface area contributed by atoms with Crippen molar-refractivity contribution in [3.63, 3.8) is 0 Å². The highest BCUT2D eigenvalue weighted by molar-refractivity contribution is 7.17. The van der Waals surface area contributed by atoms with Gasteiger partial charge in [-0.05, 0) is 54.5 Å². The van der Waals surface area contributed by atoms with Crippen LogP contribution in [0.5, 0.6) is 0 Å². The first kappa shape index (κ1) is 13.4. The molecule has 0 aliphatic carbocycles. The molecule has 1 fully saturated rings. The summed E-state index contributed by atoms with van der Waals surface area (Å²) in [6, 6.07) is 8.51. The van der Waals surface area contributed by atoms with Gasteiger partial charge in [0.05, 0.1) is 11.5 Å². The van der Waals surface area contributed by atoms with Crippen molar-refractivity contribution in [2.75, 3.05) is 6.61 Å². The van der Waals surface area contributed by atoms with Crippen molar-refractivity contribution >= 4 is 33.0 Å². The van der Waals surface area contributed by atoms with Gasteiger partial charge in [0.15, 0.2) is 0 Å². The van der Waals surface area contributed by atoms with Crippen LogP contribution in [-0.4, -0.2) is 12.7 Å². The van der Waals surface area contributed by atoms with E-state index in [0.29, 0.717) is 6.10 Å². The summed E-state index contributed by atoms with van der Waals surface area (Å²) in [7, 11) is 0. The molecular formula is C16H19ClOS. The Morgan fingerprint density at radius 1 is 1.32 bits per heavy atom. The Kier molecular flexibility index (Phi) is 4.42. The van der Waals surface area contributed by atoms with Crippen molar-refractivity contribution in [3.8, 4) is 0 Å². The minimum absolute atomic E-state index is 0.113. The molecule has 0 N–H and O–H groups in total. The molecule has 0 spiro atoms. The van der Waals surface area contributed by atoms with E-state index in [2.05, 4.69) is 29.6 Å². The minimum atomic E-state index is 0.113. The highest BCUT2D eigenvalue weighted by Crippen LogP contribution is 2.36. The molecule has 0 bridgehead atoms. The average Bonchev–Trinajstić information content (AvgIpc) is 2.90. The van der Waals surface area contributed by atoms with Gasteiger partial charge >= 0.3 is 0 Å². The third-order valence-corrected chi connectivity index (χ3v) is 5.30. The lowest BCUT2D eigenvalue weighted by Crippen LogP contribution is -2.19. The van der Waals surface area contributed by atoms with E-state index in [0.717, 1.165) is 19.4 Å². The van der Waals surface area contributed by atoms with Crippen LogP contribution in [0.2, 0.25) is 0 Å². The summed E-state index contributed by atoms with van der Waals surface area (Å²) in [6.07, 6.45) is 6.24. The van der Waals surface area contributed by atoms with Crippen LogP contribution in [0.4, 0.5) is 0 Å². The van der Waals surface area contributed by atoms with Crippen molar-refractivity contribution in [1.82, 2.24) is 0 Å². The molecule has 1 aliphatic rings. The van der Waals surface area contributed by atoms with Crippen LogP contribution in [0.3, 0.4) is 0 Å². The first-order valence-corrected chi connectivity index (χ1v) is 8.38. The molecule has 1 aromatic heterocycles. The maximum Gasteiger partial charge on any atom is 0.0600 e. The summed E-state index contributed by atoms with van der Waals surface area (Å²) in [4.78, 5) is 0. The molecule has 2 atom stereocenters. The Morgan fingerprint density at radius 2 is 2.21 bits per heavy atom. The molecule has 0 amide bonds. The first-order valence-electron chi connectivity index (χ1n) is 7.06. The Morgan fingerprint density at radius 3 is 3.05 bits per heavy atom. The van der Waals surface area contributed by atoms with Gasteiger partial charge in [-0.25, -0.2) is 0 Å². The van der Waals surface area contributed by atoms with Gasteiger partial charge in [0.2, 0.25) is 0 Å². The molecule has 1 saturated heterocycles. The topological polar surface area (TPSA) is 9.23 Å². The Bertz CT molecular complexity index is 530. The van der Waals surface area contributed by atoms with Crippen LogP contribution >= 0.6 is 22.9 Å². The molecule has 0 saturated carbocycles. The van der Waals surface area contributed by atoms with Crippen molar-refractivity contribution in [2.24, 2.45) is 0 Å². The number of thiophene rings is 1. The molecule has 102 valence electrons. The Hall–Kier alpha value is -0.570. The van der Waals surface area contributed by atoms with Gasteiger partial charge in [-0.1, -0.05) is 18.2 Å². The lowest BCUT2D eigenvalue weighted by Gasteiger charge is -2.23. The quantitative estimate of drug-likeness (QED) is 0.674. The van der Waals surface area contributed by atoms with Crippen molar-refractivity contribution in [1.29, 1.82) is 0 Å². The average molecular weight is 295 g/mol. The molecule has 1 aromatic carbocycles. The van der Waals surface area contributed by atoms with Crippen LogP contribution in [-0.2, 0) is 4.74 Å². The maximum absolute atomic E-state index is 6.60. The van der Waals surface area contributed by atoms with Gasteiger partial charge in [0.1, 0.15) is 0 Å². The maximum atomic E-state index is 6.60. The molecule has 1 nitrogen and oxygen atoms in total. The van der Waals surface area contributed by atoms with E-state index in [1.807, 2.05) is 0 Å². The summed E-state index contributed by atoms with van der Waals surface area (Å²) in [5.41, 5.74) is 1.29. The summed E-state index contributed by atoms with van der Waals surface area (Å²) in [5, 5.41) is 3.64. The smallest absolute Gasteiger partial charge is 0.0600 e. The van der Waals surface area contributed by atoms with Gasteiger partial charge in [0.25, 0.3) is 0 Å². The zero-order valence-corrected chi connectivity index (χ0v) is 12.6. The van der Waals surface area contributed by atoms with Crippen LogP contribution in [0, 0.1) is 0 Å². The lowest BCUT2D eigenvalue weighted by molar-refractivity contribution is 0.0100. The van der Waals surface area contributed by atoms with Crippen molar-refractivity contribution < 1.29 is 4.74 Å². The number of ether oxygens (including phenoxy) is 1. The lowest BCUT2D eigenvalue weighted by atomic mass is 10.0. The van der Waals surface area contributed by atoms with Crippen LogP contribution < -0.4 is 0 Å². The molecule has 2 heterocycles. The normalized spacial score (nSPS) is 21.6. The van der Waals surface area contributed by atoms with E-state index in [4.69, 9.17) is 16.3 Å². The monoisotopic (exact) mass is 294 g/mol. The fourth-order valence-corrected chi connectivity index (χ4v) is 4.16. The zero-order chi connectivity index (χ0) is 13.1. The molecule has 1 aliphatic heterocycles. The minimum Gasteiger partial charge on any atom is -0.378 e. The van der Waals surface area contributed by atoms with Crippen molar-refractivity contribution in [3.05, 3.63) is 35.2 Å². The second-order valence-corrected chi connectivity index (χ2v) is 6.66. The van der Waals surface area contributed by atoms with Crippen LogP contribution in [0.1, 0.15) is 43.0 Å². The number of fused-ring (bicyclic) bond motifs is 1. The van der Waals surface area contributed by atoms with E-state index in [1.165, 1.54) is 34.9 Å². The van der Waals surface area contributed by atoms with Crippen LogP contribution in [0.15, 0.2) is 29.6 Å². The predicted molar refractivity (Wildman–Crippen MR) is 83.2 cm³/mol. The largest absolute Gasteiger partial charge is 0.378 e. The van der Waals surface area contributed by atoms with Crippen LogP contribution in [0.25, 0.3) is 10.1 Å². The van der Waals surface area contributed by atoms with Gasteiger partial charge < -0.3 is 4.74 Å². The predicted octanol–water partition coefficient (Wildman–Crippen LogP) is 5.53. The molecule has 2 unspecified atom stereocenters. The SMILES string of the molecule is ClC(CCC1CCCCO1)c1csc2ccccc12. The molecule has 0 radical (unpaired) electrons. The van der Waals surface area contributed by atoms with Gasteiger partial charge in [-0.2, -0.15) is 0 Å². The number of rotatable bonds is 4. The number of benzene rings is 1. The fourth-order valence-electron chi connectivity index (χ4n) is 2.76. The Labute approximate surface area is 123 Å². The number of hydrogen-bond donors (Lipinski definition) is 0. The molecule has 3 rings (SSSR count). The summed E-state index contributed by atoms with van der Waals surface area (Å²) >= 11 is 8.38. The standard InChI is InChI=1S/C16H19ClOS/c17-15(9-8-12-5-3-4-10-18-12)14-11-19-16-7-2-1-6-13(14)16/h1-2,6-7,11-12,15H,3-5,8-10H2. The highest BCUT2D eigenvalue weighted by atomic mass is 35.5. The van der Waals surface area contributed by atoms with E-state index in [-0.39, 0.29) is 5.38 Å². The third kappa shape index (κ3) is 3.13. The summed E-state index contributed by atoms with van der Waals surface area (Å²) < 4.78 is 7.11. The third-order valence-electron chi connectivity index (χ3n) is 3.86. The second kappa shape index (κ2) is 6.25. The number of alkyl halides is 1. The zero-order valence-electron chi connectivity index (χ0n) is 11.0.